The molecule has 1 saturated heterocycles. The molecule has 0 aromatic rings. The van der Waals surface area contributed by atoms with Crippen molar-refractivity contribution in [1.29, 1.82) is 0 Å². The first-order valence-electron chi connectivity index (χ1n) is 6.83. The van der Waals surface area contributed by atoms with E-state index in [0.717, 1.165) is 6.92 Å². The lowest BCUT2D eigenvalue weighted by Crippen LogP contribution is -2.75. The molecule has 3 atom stereocenters. The first-order chi connectivity index (χ1) is 9.62. The third kappa shape index (κ3) is 1.87. The van der Waals surface area contributed by atoms with Crippen molar-refractivity contribution in [3.8, 4) is 0 Å². The van der Waals surface area contributed by atoms with Gasteiger partial charge in [0.25, 0.3) is 5.91 Å². The predicted molar refractivity (Wildman–Crippen MR) is 67.8 cm³/mol. The summed E-state index contributed by atoms with van der Waals surface area (Å²) in [5, 5.41) is 59.0. The first kappa shape index (κ1) is 16.8. The van der Waals surface area contributed by atoms with Gasteiger partial charge in [0.05, 0.1) is 6.42 Å². The lowest BCUT2D eigenvalue weighted by atomic mass is 9.89. The minimum Gasteiger partial charge on any atom is -0.364 e. The van der Waals surface area contributed by atoms with Gasteiger partial charge in [-0.15, -0.1) is 9.24 Å². The first-order valence-corrected chi connectivity index (χ1v) is 7.41. The van der Waals surface area contributed by atoms with Crippen LogP contribution in [0.1, 0.15) is 32.6 Å². The molecule has 1 aliphatic heterocycles. The zero-order chi connectivity index (χ0) is 17.0. The largest absolute Gasteiger partial charge is 0.364 e. The van der Waals surface area contributed by atoms with Crippen molar-refractivity contribution >= 4 is 9.24 Å². The quantitative estimate of drug-likeness (QED) is 0.173. The Bertz CT molecular complexity index is 521. The molecule has 3 rings (SSSR count). The zero-order valence-corrected chi connectivity index (χ0v) is 13.0. The van der Waals surface area contributed by atoms with E-state index in [-0.39, 0.29) is 5.01 Å². The molecule has 0 aromatic carbocycles. The summed E-state index contributed by atoms with van der Waals surface area (Å²) in [7, 11) is 2.00. The van der Waals surface area contributed by atoms with Crippen LogP contribution in [0.25, 0.3) is 0 Å². The van der Waals surface area contributed by atoms with Gasteiger partial charge in [0.2, 0.25) is 6.04 Å². The Labute approximate surface area is 126 Å². The lowest BCUT2D eigenvalue weighted by Gasteiger charge is -2.48. The second-order valence-electron chi connectivity index (χ2n) is 6.93. The molecule has 0 aromatic heterocycles. The second kappa shape index (κ2) is 3.96. The third-order valence-electron chi connectivity index (χ3n) is 5.14. The Morgan fingerprint density at radius 2 is 1.68 bits per heavy atom. The number of alkyl halides is 2. The fraction of sp³-hybridized carbons (Fsp3) is 1.00. The van der Waals surface area contributed by atoms with Crippen LogP contribution in [0, 0.1) is 5.41 Å². The summed E-state index contributed by atoms with van der Waals surface area (Å²) in [6.07, 6.45) is -0.588. The molecule has 0 radical (unpaired) electrons. The van der Waals surface area contributed by atoms with Crippen molar-refractivity contribution in [3.05, 3.63) is 0 Å². The lowest BCUT2D eigenvalue weighted by molar-refractivity contribution is -1.33. The predicted octanol–water partition coefficient (Wildman–Crippen LogP) is -0.699. The SMILES string of the molecule is CC(O)(O)[C@]1(P)N([N+](O)(O)C2CC2(F)F)C(O)(O)CC12CC2. The molecule has 2 saturated carbocycles. The maximum atomic E-state index is 13.3. The number of hydrogen-bond donors (Lipinski definition) is 6. The fourth-order valence-corrected chi connectivity index (χ4v) is 4.53. The number of rotatable bonds is 3. The molecule has 6 N–H and O–H groups in total. The molecule has 2 aliphatic carbocycles. The van der Waals surface area contributed by atoms with Gasteiger partial charge in [-0.3, -0.25) is 0 Å². The Balaban J connectivity index is 2.11. The van der Waals surface area contributed by atoms with Gasteiger partial charge in [-0.05, 0) is 24.8 Å². The van der Waals surface area contributed by atoms with Gasteiger partial charge < -0.3 is 20.4 Å². The highest BCUT2D eigenvalue weighted by atomic mass is 31.0. The highest BCUT2D eigenvalue weighted by molar-refractivity contribution is 7.19. The smallest absolute Gasteiger partial charge is 0.312 e. The normalized spacial score (nSPS) is 39.3. The highest BCUT2D eigenvalue weighted by Gasteiger charge is 2.86. The minimum absolute atomic E-state index is 0.142. The van der Waals surface area contributed by atoms with E-state index in [1.807, 2.05) is 9.24 Å². The van der Waals surface area contributed by atoms with Crippen molar-refractivity contribution in [1.82, 2.24) is 5.01 Å². The molecule has 11 heteroatoms. The van der Waals surface area contributed by atoms with E-state index < -0.39 is 52.1 Å². The van der Waals surface area contributed by atoms with Gasteiger partial charge >= 0.3 is 5.92 Å². The number of hydrogen-bond acceptors (Lipinski definition) is 7. The summed E-state index contributed by atoms with van der Waals surface area (Å²) in [6.45, 7) is 0.930. The average Bonchev–Trinajstić information content (AvgIpc) is 3.12. The summed E-state index contributed by atoms with van der Waals surface area (Å²) in [5.74, 6) is -8.92. The molecule has 1 spiro atoms. The number of halogens is 2. The molecule has 22 heavy (non-hydrogen) atoms. The number of nitrogens with zero attached hydrogens (tertiary/aromatic N) is 2. The summed E-state index contributed by atoms with van der Waals surface area (Å²) < 4.78 is 26.6. The van der Waals surface area contributed by atoms with Crippen molar-refractivity contribution in [2.24, 2.45) is 5.41 Å². The average molecular weight is 345 g/mol. The van der Waals surface area contributed by atoms with Gasteiger partial charge in [0, 0.05) is 16.8 Å². The summed E-state index contributed by atoms with van der Waals surface area (Å²) in [6, 6.07) is -2.01. The number of aliphatic hydroxyl groups is 4. The molecule has 3 fully saturated rings. The van der Waals surface area contributed by atoms with Crippen LogP contribution in [0.2, 0.25) is 0 Å². The summed E-state index contributed by atoms with van der Waals surface area (Å²) >= 11 is 0. The van der Waals surface area contributed by atoms with E-state index in [1.54, 1.807) is 0 Å². The monoisotopic (exact) mass is 345 g/mol. The fourth-order valence-electron chi connectivity index (χ4n) is 3.76. The van der Waals surface area contributed by atoms with Crippen molar-refractivity contribution in [2.75, 3.05) is 0 Å². The third-order valence-corrected chi connectivity index (χ3v) is 6.54. The van der Waals surface area contributed by atoms with Gasteiger partial charge in [0.15, 0.2) is 11.1 Å². The van der Waals surface area contributed by atoms with Crippen LogP contribution in [-0.4, -0.2) is 69.7 Å². The molecule has 0 amide bonds. The molecule has 1 heterocycles. The molecule has 8 nitrogen and oxygen atoms in total. The summed E-state index contributed by atoms with van der Waals surface area (Å²) in [5.41, 5.74) is -1.06. The van der Waals surface area contributed by atoms with Crippen molar-refractivity contribution < 1.29 is 44.5 Å². The van der Waals surface area contributed by atoms with Gasteiger partial charge in [-0.25, -0.2) is 0 Å². The van der Waals surface area contributed by atoms with Gasteiger partial charge in [0.1, 0.15) is 0 Å². The molecule has 128 valence electrons. The van der Waals surface area contributed by atoms with E-state index in [1.165, 1.54) is 0 Å². The highest BCUT2D eigenvalue weighted by Crippen LogP contribution is 2.72. The Kier molecular flexibility index (Phi) is 3.02. The Hall–Kier alpha value is -0.0300. The van der Waals surface area contributed by atoms with Crippen LogP contribution >= 0.6 is 9.24 Å². The molecular formula is C11H20F2N2O6P+. The van der Waals surface area contributed by atoms with Crippen molar-refractivity contribution in [2.45, 2.75) is 61.5 Å². The zero-order valence-electron chi connectivity index (χ0n) is 11.8. The molecular weight excluding hydrogens is 325 g/mol. The van der Waals surface area contributed by atoms with E-state index >= 15 is 0 Å². The van der Waals surface area contributed by atoms with Gasteiger partial charge in [-0.1, -0.05) is 0 Å². The van der Waals surface area contributed by atoms with Crippen molar-refractivity contribution in [3.63, 3.8) is 0 Å². The maximum Gasteiger partial charge on any atom is 0.312 e. The van der Waals surface area contributed by atoms with Crippen LogP contribution in [0.4, 0.5) is 8.78 Å². The van der Waals surface area contributed by atoms with E-state index in [4.69, 9.17) is 0 Å². The van der Waals surface area contributed by atoms with E-state index in [9.17, 15) is 39.6 Å². The van der Waals surface area contributed by atoms with Crippen LogP contribution in [0.3, 0.4) is 0 Å². The van der Waals surface area contributed by atoms with Gasteiger partial charge in [-0.2, -0.15) is 19.2 Å². The van der Waals surface area contributed by atoms with E-state index in [2.05, 4.69) is 0 Å². The maximum absolute atomic E-state index is 13.3. The van der Waals surface area contributed by atoms with Crippen LogP contribution in [0.15, 0.2) is 0 Å². The second-order valence-corrected chi connectivity index (χ2v) is 7.76. The molecule has 3 aliphatic rings. The van der Waals surface area contributed by atoms with E-state index in [0.29, 0.717) is 12.8 Å². The van der Waals surface area contributed by atoms with Crippen LogP contribution < -0.4 is 0 Å². The standard InChI is InChI=1S/C11H20F2N2O6P/c1-7(16,17)11(22)8(2-3-8)5-10(18,19)14(11)15(20,21)6-4-9(6,12)13/h6,16-21H,2-5,22H2,1H3/q+1/t6?,11-/m1/s1. The summed E-state index contributed by atoms with van der Waals surface area (Å²) in [4.78, 5) is -2.53. The van der Waals surface area contributed by atoms with Crippen LogP contribution in [-0.2, 0) is 0 Å². The number of hydroxylamine groups is 2. The molecule has 2 unspecified atom stereocenters. The number of quaternary nitrogens is 1. The minimum atomic E-state index is -3.40. The van der Waals surface area contributed by atoms with Crippen LogP contribution in [0.5, 0.6) is 0 Å². The topological polar surface area (TPSA) is 125 Å². The molecule has 0 bridgehead atoms. The Morgan fingerprint density at radius 1 is 1.23 bits per heavy atom. The Morgan fingerprint density at radius 3 is 2.00 bits per heavy atom.